The molecule has 1 atom stereocenters. The minimum Gasteiger partial charge on any atom is -0.478 e. The molecule has 64 heavy (non-hydrogen) atoms. The highest BCUT2D eigenvalue weighted by Crippen LogP contribution is 2.53. The number of benzene rings is 9. The van der Waals surface area contributed by atoms with Crippen LogP contribution in [-0.4, -0.2) is 6.10 Å². The van der Waals surface area contributed by atoms with Crippen LogP contribution in [0.25, 0.3) is 59.8 Å². The van der Waals surface area contributed by atoms with E-state index in [1.165, 1.54) is 54.7 Å². The van der Waals surface area contributed by atoms with Gasteiger partial charge >= 0.3 is 0 Å². The van der Waals surface area contributed by atoms with Crippen LogP contribution < -0.4 is 14.5 Å². The normalized spacial score (nSPS) is 14.6. The second kappa shape index (κ2) is 14.0. The van der Waals surface area contributed by atoms with Crippen LogP contribution in [0.15, 0.2) is 174 Å². The molecule has 2 heterocycles. The molecule has 0 radical (unpaired) electrons. The zero-order valence-electron chi connectivity index (χ0n) is 37.3. The van der Waals surface area contributed by atoms with Crippen LogP contribution >= 0.6 is 0 Å². The molecule has 4 heteroatoms. The monoisotopic (exact) mass is 828 g/mol. The van der Waals surface area contributed by atoms with Crippen molar-refractivity contribution >= 4 is 88.3 Å². The lowest BCUT2D eigenvalue weighted by Gasteiger charge is -2.36. The molecule has 0 amide bonds. The number of hydrogen-bond donors (Lipinski definition) is 0. The summed E-state index contributed by atoms with van der Waals surface area (Å²) < 4.78 is 13.8. The molecule has 310 valence electrons. The molecule has 2 aliphatic rings. The second-order valence-corrected chi connectivity index (χ2v) is 18.9. The topological polar surface area (TPSA) is 28.9 Å². The van der Waals surface area contributed by atoms with Crippen molar-refractivity contribution in [1.29, 1.82) is 0 Å². The first-order valence-corrected chi connectivity index (χ1v) is 22.4. The van der Waals surface area contributed by atoms with Crippen molar-refractivity contribution in [2.45, 2.75) is 60.0 Å². The number of ether oxygens (including phenoxy) is 1. The third-order valence-electron chi connectivity index (χ3n) is 13.5. The van der Waals surface area contributed by atoms with Crippen LogP contribution in [0.2, 0.25) is 0 Å². The van der Waals surface area contributed by atoms with Gasteiger partial charge in [0.05, 0.1) is 28.3 Å². The molecule has 12 rings (SSSR count). The molecule has 0 saturated carbocycles. The second-order valence-electron chi connectivity index (χ2n) is 18.9. The summed E-state index contributed by atoms with van der Waals surface area (Å²) in [6.07, 6.45) is 3.90. The van der Waals surface area contributed by atoms with Gasteiger partial charge in [0.25, 0.3) is 0 Å². The highest BCUT2D eigenvalue weighted by atomic mass is 16.5. The van der Waals surface area contributed by atoms with E-state index < -0.39 is 0 Å². The van der Waals surface area contributed by atoms with Crippen LogP contribution in [0.4, 0.5) is 28.4 Å². The Labute approximate surface area is 374 Å². The molecular formula is C60H48N2O2. The van der Waals surface area contributed by atoms with Crippen molar-refractivity contribution < 1.29 is 9.15 Å². The Kier molecular flexibility index (Phi) is 8.35. The SMILES string of the molecule is Cc1ccc(N(C2=CC=C=C3c4ccccc4OC32)c2cc(N(c3ccc(C)cc3C)c3cccc4c3oc3ccccc34)c3ccc4cc(C(C)(C)C)cc5ccc2c3c54)c(C)c1. The molecule has 1 aromatic heterocycles. The first kappa shape index (κ1) is 38.2. The van der Waals surface area contributed by atoms with Crippen LogP contribution in [-0.2, 0) is 5.41 Å². The van der Waals surface area contributed by atoms with E-state index in [1.54, 1.807) is 0 Å². The van der Waals surface area contributed by atoms with Crippen LogP contribution in [0.5, 0.6) is 5.75 Å². The van der Waals surface area contributed by atoms with Gasteiger partial charge in [-0.15, -0.1) is 5.73 Å². The molecular weight excluding hydrogens is 781 g/mol. The van der Waals surface area contributed by atoms with Crippen molar-refractivity contribution in [2.75, 3.05) is 9.80 Å². The lowest BCUT2D eigenvalue weighted by molar-refractivity contribution is 0.308. The van der Waals surface area contributed by atoms with Gasteiger partial charge < -0.3 is 19.0 Å². The Balaban J connectivity index is 1.23. The predicted molar refractivity (Wildman–Crippen MR) is 269 cm³/mol. The van der Waals surface area contributed by atoms with Crippen molar-refractivity contribution in [3.63, 3.8) is 0 Å². The lowest BCUT2D eigenvalue weighted by atomic mass is 9.83. The molecule has 0 fully saturated rings. The lowest BCUT2D eigenvalue weighted by Crippen LogP contribution is -2.30. The number of rotatable bonds is 6. The minimum absolute atomic E-state index is 0.0172. The molecule has 1 aliphatic carbocycles. The summed E-state index contributed by atoms with van der Waals surface area (Å²) >= 11 is 0. The van der Waals surface area contributed by atoms with Gasteiger partial charge in [-0.25, -0.2) is 0 Å². The summed E-state index contributed by atoms with van der Waals surface area (Å²) in [4.78, 5) is 4.93. The van der Waals surface area contributed by atoms with E-state index in [0.717, 1.165) is 78.3 Å². The number of nitrogens with zero attached hydrogens (tertiary/aromatic N) is 2. The Bertz CT molecular complexity index is 3660. The first-order valence-electron chi connectivity index (χ1n) is 22.4. The summed E-state index contributed by atoms with van der Waals surface area (Å²) in [6, 6.07) is 53.5. The number of allylic oxidation sites excluding steroid dienone is 1. The maximum Gasteiger partial charge on any atom is 0.172 e. The van der Waals surface area contributed by atoms with E-state index in [9.17, 15) is 0 Å². The third-order valence-corrected chi connectivity index (χ3v) is 13.5. The maximum atomic E-state index is 6.95. The van der Waals surface area contributed by atoms with Crippen LogP contribution in [0.1, 0.15) is 54.2 Å². The number of aryl methyl sites for hydroxylation is 4. The van der Waals surface area contributed by atoms with Gasteiger partial charge in [0.15, 0.2) is 11.7 Å². The average Bonchev–Trinajstić information content (AvgIpc) is 3.87. The fraction of sp³-hybridized carbons (Fsp3) is 0.150. The van der Waals surface area contributed by atoms with Gasteiger partial charge in [-0.1, -0.05) is 141 Å². The van der Waals surface area contributed by atoms with E-state index in [1.807, 2.05) is 6.07 Å². The van der Waals surface area contributed by atoms with Gasteiger partial charge in [-0.3, -0.25) is 0 Å². The largest absolute Gasteiger partial charge is 0.478 e. The predicted octanol–water partition coefficient (Wildman–Crippen LogP) is 16.5. The standard InChI is InChI=1S/C60H48N2O2/c1-35-22-28-48(37(3)30-35)61(50-18-12-16-44-42-14-8-10-20-54(42)63-58(44)50)52-34-53(47-27-25-40-33-41(60(5,6)7)32-39-24-26-46(52)57(47)56(39)40)62(49-29-23-36(2)31-38(49)4)51-19-13-17-45-43-15-9-11-21-55(43)64-59(45)51/h8-16,18-34,59H,1-7H3. The Morgan fingerprint density at radius 1 is 0.531 bits per heavy atom. The third kappa shape index (κ3) is 5.76. The maximum absolute atomic E-state index is 6.95. The smallest absolute Gasteiger partial charge is 0.172 e. The van der Waals surface area contributed by atoms with Gasteiger partial charge in [0, 0.05) is 43.9 Å². The van der Waals surface area contributed by atoms with Crippen LogP contribution in [0.3, 0.4) is 0 Å². The van der Waals surface area contributed by atoms with Gasteiger partial charge in [0.2, 0.25) is 0 Å². The van der Waals surface area contributed by atoms with E-state index >= 15 is 0 Å². The number of anilines is 5. The van der Waals surface area contributed by atoms with E-state index in [-0.39, 0.29) is 11.5 Å². The van der Waals surface area contributed by atoms with Crippen LogP contribution in [0, 0.1) is 27.7 Å². The summed E-state index contributed by atoms with van der Waals surface area (Å²) in [7, 11) is 0. The van der Waals surface area contributed by atoms with Crippen molar-refractivity contribution in [1.82, 2.24) is 0 Å². The highest BCUT2D eigenvalue weighted by molar-refractivity contribution is 6.29. The number of para-hydroxylation sites is 3. The molecule has 1 unspecified atom stereocenters. The average molecular weight is 829 g/mol. The number of hydrogen-bond acceptors (Lipinski definition) is 4. The molecule has 0 N–H and O–H groups in total. The molecule has 0 saturated heterocycles. The zero-order chi connectivity index (χ0) is 43.6. The molecule has 9 aromatic carbocycles. The summed E-state index contributed by atoms with van der Waals surface area (Å²) in [5.74, 6) is 0.877. The summed E-state index contributed by atoms with van der Waals surface area (Å²) in [5, 5.41) is 9.47. The van der Waals surface area contributed by atoms with Gasteiger partial charge in [-0.2, -0.15) is 0 Å². The fourth-order valence-corrected chi connectivity index (χ4v) is 10.5. The number of furan rings is 1. The van der Waals surface area contributed by atoms with Gasteiger partial charge in [0.1, 0.15) is 11.3 Å². The minimum atomic E-state index is -0.362. The molecule has 1 aliphatic heterocycles. The molecule has 10 aromatic rings. The Morgan fingerprint density at radius 2 is 1.17 bits per heavy atom. The zero-order valence-corrected chi connectivity index (χ0v) is 37.3. The summed E-state index contributed by atoms with van der Waals surface area (Å²) in [5.41, 5.74) is 19.9. The highest BCUT2D eigenvalue weighted by Gasteiger charge is 2.38. The molecule has 0 bridgehead atoms. The Morgan fingerprint density at radius 3 is 1.88 bits per heavy atom. The van der Waals surface area contributed by atoms with E-state index in [2.05, 4.69) is 216 Å². The fourth-order valence-electron chi connectivity index (χ4n) is 10.5. The molecule has 0 spiro atoms. The van der Waals surface area contributed by atoms with Crippen molar-refractivity contribution in [2.24, 2.45) is 0 Å². The quantitative estimate of drug-likeness (QED) is 0.123. The number of fused-ring (bicyclic) bond motifs is 6. The van der Waals surface area contributed by atoms with E-state index in [0.29, 0.717) is 0 Å². The van der Waals surface area contributed by atoms with Crippen molar-refractivity contribution in [3.05, 3.63) is 203 Å². The molecule has 4 nitrogen and oxygen atoms in total. The van der Waals surface area contributed by atoms with E-state index in [4.69, 9.17) is 9.15 Å². The summed E-state index contributed by atoms with van der Waals surface area (Å²) in [6.45, 7) is 15.7. The first-order chi connectivity index (χ1) is 31.0. The Hall–Kier alpha value is -7.52. The van der Waals surface area contributed by atoms with Gasteiger partial charge in [-0.05, 0) is 115 Å². The van der Waals surface area contributed by atoms with Crippen molar-refractivity contribution in [3.8, 4) is 5.75 Å².